The van der Waals surface area contributed by atoms with Gasteiger partial charge >= 0.3 is 6.36 Å². The van der Waals surface area contributed by atoms with Gasteiger partial charge in [-0.25, -0.2) is 0 Å². The Labute approximate surface area is 174 Å². The number of benzene rings is 3. The smallest absolute Gasteiger partial charge is 0.437 e. The number of halogens is 3. The van der Waals surface area contributed by atoms with Gasteiger partial charge in [-0.05, 0) is 42.5 Å². The van der Waals surface area contributed by atoms with Crippen LogP contribution in [0.1, 0.15) is 10.4 Å². The molecule has 2 N–H and O–H groups in total. The topological polar surface area (TPSA) is 87.3 Å². The highest BCUT2D eigenvalue weighted by Crippen LogP contribution is 2.34. The molecule has 6 nitrogen and oxygen atoms in total. The molecule has 1 amide bonds. The molecule has 9 heteroatoms. The van der Waals surface area contributed by atoms with Gasteiger partial charge in [0.2, 0.25) is 11.8 Å². The maximum atomic E-state index is 12.3. The summed E-state index contributed by atoms with van der Waals surface area (Å²) >= 11 is 0. The molecule has 0 bridgehead atoms. The highest BCUT2D eigenvalue weighted by Gasteiger charge is 2.31. The highest BCUT2D eigenvalue weighted by molar-refractivity contribution is 5.98. The number of alkyl halides is 3. The lowest BCUT2D eigenvalue weighted by Crippen LogP contribution is -2.16. The molecule has 0 radical (unpaired) electrons. The predicted octanol–water partition coefficient (Wildman–Crippen LogP) is 5.09. The molecule has 4 rings (SSSR count). The number of aromatic nitrogens is 2. The van der Waals surface area contributed by atoms with Crippen molar-refractivity contribution in [3.8, 4) is 28.6 Å². The zero-order valence-corrected chi connectivity index (χ0v) is 15.8. The van der Waals surface area contributed by atoms with Crippen molar-refractivity contribution in [1.82, 2.24) is 10.2 Å². The molecule has 0 unspecified atom stereocenters. The van der Waals surface area contributed by atoms with Crippen molar-refractivity contribution in [2.24, 2.45) is 5.73 Å². The summed E-state index contributed by atoms with van der Waals surface area (Å²) in [6.07, 6.45) is -4.77. The van der Waals surface area contributed by atoms with Crippen molar-refractivity contribution < 1.29 is 27.4 Å². The summed E-state index contributed by atoms with van der Waals surface area (Å²) in [5, 5.41) is 9.79. The van der Waals surface area contributed by atoms with E-state index in [2.05, 4.69) is 14.9 Å². The van der Waals surface area contributed by atoms with Crippen LogP contribution in [0.25, 0.3) is 22.0 Å². The number of amides is 1. The molecule has 0 atom stereocenters. The van der Waals surface area contributed by atoms with Gasteiger partial charge in [0.05, 0.1) is 0 Å². The number of carbonyl (C=O) groups is 1. The average Bonchev–Trinajstić information content (AvgIpc) is 2.74. The summed E-state index contributed by atoms with van der Waals surface area (Å²) < 4.78 is 46.5. The van der Waals surface area contributed by atoms with Gasteiger partial charge in [0.25, 0.3) is 0 Å². The lowest BCUT2D eigenvalue weighted by atomic mass is 10.0. The number of carbonyl (C=O) groups excluding carboxylic acids is 1. The van der Waals surface area contributed by atoms with Crippen molar-refractivity contribution >= 4 is 16.7 Å². The van der Waals surface area contributed by atoms with Crippen LogP contribution >= 0.6 is 0 Å². The van der Waals surface area contributed by atoms with Gasteiger partial charge in [-0.1, -0.05) is 30.3 Å². The third-order valence-electron chi connectivity index (χ3n) is 4.37. The largest absolute Gasteiger partial charge is 0.573 e. The monoisotopic (exact) mass is 425 g/mol. The molecule has 31 heavy (non-hydrogen) atoms. The molecule has 4 aromatic rings. The van der Waals surface area contributed by atoms with Gasteiger partial charge in [-0.15, -0.1) is 23.4 Å². The highest BCUT2D eigenvalue weighted by atomic mass is 19.4. The van der Waals surface area contributed by atoms with Crippen LogP contribution in [0.3, 0.4) is 0 Å². The first-order chi connectivity index (χ1) is 14.8. The number of nitrogens with two attached hydrogens (primary N) is 1. The Bertz CT molecular complexity index is 1240. The van der Waals surface area contributed by atoms with E-state index in [9.17, 15) is 18.0 Å². The second kappa shape index (κ2) is 7.94. The molecule has 0 fully saturated rings. The number of primary amides is 1. The van der Waals surface area contributed by atoms with Crippen molar-refractivity contribution in [3.63, 3.8) is 0 Å². The maximum absolute atomic E-state index is 12.3. The number of hydrogen-bond donors (Lipinski definition) is 1. The predicted molar refractivity (Wildman–Crippen MR) is 107 cm³/mol. The maximum Gasteiger partial charge on any atom is 0.573 e. The fraction of sp³-hybridized carbons (Fsp3) is 0.0455. The Balaban J connectivity index is 1.66. The summed E-state index contributed by atoms with van der Waals surface area (Å²) in [5.41, 5.74) is 6.96. The molecule has 0 saturated carbocycles. The molecule has 1 heterocycles. The Morgan fingerprint density at radius 1 is 0.806 bits per heavy atom. The minimum absolute atomic E-state index is 0.192. The minimum Gasteiger partial charge on any atom is -0.437 e. The lowest BCUT2D eigenvalue weighted by Gasteiger charge is -2.12. The SMILES string of the molecule is NC(=O)c1ccc(-c2nnc(Oc3ccc(OC(F)(F)F)cc3)c3ccccc23)cc1. The first-order valence-electron chi connectivity index (χ1n) is 8.99. The average molecular weight is 425 g/mol. The summed E-state index contributed by atoms with van der Waals surface area (Å²) in [6, 6.07) is 18.9. The van der Waals surface area contributed by atoms with E-state index in [-0.39, 0.29) is 17.4 Å². The van der Waals surface area contributed by atoms with Crippen LogP contribution in [0.2, 0.25) is 0 Å². The summed E-state index contributed by atoms with van der Waals surface area (Å²) in [4.78, 5) is 11.3. The van der Waals surface area contributed by atoms with Crippen LogP contribution in [0.5, 0.6) is 17.4 Å². The van der Waals surface area contributed by atoms with Crippen LogP contribution in [-0.2, 0) is 0 Å². The zero-order chi connectivity index (χ0) is 22.0. The Morgan fingerprint density at radius 2 is 1.42 bits per heavy atom. The number of rotatable bonds is 5. The number of fused-ring (bicyclic) bond motifs is 1. The fourth-order valence-electron chi connectivity index (χ4n) is 2.98. The van der Waals surface area contributed by atoms with Crippen LogP contribution in [0.15, 0.2) is 72.8 Å². The van der Waals surface area contributed by atoms with Crippen LogP contribution in [0, 0.1) is 0 Å². The van der Waals surface area contributed by atoms with E-state index in [4.69, 9.17) is 10.5 Å². The third-order valence-corrected chi connectivity index (χ3v) is 4.37. The standard InChI is InChI=1S/C22H14F3N3O3/c23-22(24,25)31-16-11-9-15(10-12-16)30-21-18-4-2-1-3-17(18)19(27-28-21)13-5-7-14(8-6-13)20(26)29/h1-12H,(H2,26,29). The normalized spacial score (nSPS) is 11.3. The Kier molecular flexibility index (Phi) is 5.16. The summed E-state index contributed by atoms with van der Waals surface area (Å²) in [5.74, 6) is -0.423. The van der Waals surface area contributed by atoms with Crippen LogP contribution in [-0.4, -0.2) is 22.5 Å². The van der Waals surface area contributed by atoms with E-state index in [1.807, 2.05) is 12.1 Å². The molecular weight excluding hydrogens is 411 g/mol. The van der Waals surface area contributed by atoms with E-state index in [1.165, 1.54) is 12.1 Å². The van der Waals surface area contributed by atoms with Gasteiger partial charge in [0.1, 0.15) is 17.2 Å². The van der Waals surface area contributed by atoms with Crippen LogP contribution in [0.4, 0.5) is 13.2 Å². The van der Waals surface area contributed by atoms with Crippen molar-refractivity contribution in [2.45, 2.75) is 6.36 Å². The van der Waals surface area contributed by atoms with E-state index >= 15 is 0 Å². The number of ether oxygens (including phenoxy) is 2. The Morgan fingerprint density at radius 3 is 2.03 bits per heavy atom. The quantitative estimate of drug-likeness (QED) is 0.481. The molecular formula is C22H14F3N3O3. The van der Waals surface area contributed by atoms with Crippen molar-refractivity contribution in [3.05, 3.63) is 78.4 Å². The van der Waals surface area contributed by atoms with Gasteiger partial charge in [0.15, 0.2) is 0 Å². The summed E-state index contributed by atoms with van der Waals surface area (Å²) in [6.45, 7) is 0. The van der Waals surface area contributed by atoms with Crippen LogP contribution < -0.4 is 15.2 Å². The third kappa shape index (κ3) is 4.55. The second-order valence-electron chi connectivity index (χ2n) is 6.46. The van der Waals surface area contributed by atoms with Gasteiger partial charge < -0.3 is 15.2 Å². The van der Waals surface area contributed by atoms with Gasteiger partial charge in [-0.2, -0.15) is 0 Å². The molecule has 1 aromatic heterocycles. The number of nitrogens with zero attached hydrogens (tertiary/aromatic N) is 2. The van der Waals surface area contributed by atoms with E-state index in [0.717, 1.165) is 23.1 Å². The van der Waals surface area contributed by atoms with Gasteiger partial charge in [0, 0.05) is 21.9 Å². The zero-order valence-electron chi connectivity index (χ0n) is 15.8. The van der Waals surface area contributed by atoms with E-state index in [1.54, 1.807) is 36.4 Å². The first-order valence-corrected chi connectivity index (χ1v) is 8.99. The molecule has 0 aliphatic rings. The second-order valence-corrected chi connectivity index (χ2v) is 6.46. The van der Waals surface area contributed by atoms with Gasteiger partial charge in [-0.3, -0.25) is 4.79 Å². The summed E-state index contributed by atoms with van der Waals surface area (Å²) in [7, 11) is 0. The van der Waals surface area contributed by atoms with Crippen molar-refractivity contribution in [2.75, 3.05) is 0 Å². The van der Waals surface area contributed by atoms with Crippen molar-refractivity contribution in [1.29, 1.82) is 0 Å². The van der Waals surface area contributed by atoms with E-state index in [0.29, 0.717) is 16.6 Å². The molecule has 3 aromatic carbocycles. The molecule has 0 aliphatic heterocycles. The molecule has 0 aliphatic carbocycles. The molecule has 0 saturated heterocycles. The van der Waals surface area contributed by atoms with E-state index < -0.39 is 12.3 Å². The fourth-order valence-corrected chi connectivity index (χ4v) is 2.98. The first kappa shape index (κ1) is 20.1. The molecule has 0 spiro atoms. The Hall–Kier alpha value is -4.14. The minimum atomic E-state index is -4.77. The molecule has 156 valence electrons. The number of hydrogen-bond acceptors (Lipinski definition) is 5. The lowest BCUT2D eigenvalue weighted by molar-refractivity contribution is -0.274.